The van der Waals surface area contributed by atoms with E-state index in [1.165, 1.54) is 23.8 Å². The predicted octanol–water partition coefficient (Wildman–Crippen LogP) is 3.46. The molecule has 1 saturated heterocycles. The van der Waals surface area contributed by atoms with Gasteiger partial charge in [0.25, 0.3) is 0 Å². The van der Waals surface area contributed by atoms with Crippen molar-refractivity contribution in [3.8, 4) is 0 Å². The molecule has 24 heavy (non-hydrogen) atoms. The number of rotatable bonds is 4. The molecule has 1 heterocycles. The fourth-order valence-electron chi connectivity index (χ4n) is 2.88. The highest BCUT2D eigenvalue weighted by molar-refractivity contribution is 6.31. The maximum absolute atomic E-state index is 13.4. The Morgan fingerprint density at radius 3 is 2.33 bits per heavy atom. The number of piperazine rings is 1. The zero-order chi connectivity index (χ0) is 17.1. The summed E-state index contributed by atoms with van der Waals surface area (Å²) in [7, 11) is 2.14. The van der Waals surface area contributed by atoms with Gasteiger partial charge in [0.15, 0.2) is 5.78 Å². The van der Waals surface area contributed by atoms with Gasteiger partial charge in [-0.3, -0.25) is 9.69 Å². The van der Waals surface area contributed by atoms with Crippen LogP contribution >= 0.6 is 11.6 Å². The Kier molecular flexibility index (Phi) is 5.29. The van der Waals surface area contributed by atoms with Crippen LogP contribution in [0.5, 0.6) is 0 Å². The summed E-state index contributed by atoms with van der Waals surface area (Å²) in [5.41, 5.74) is 1.99. The van der Waals surface area contributed by atoms with Crippen LogP contribution in [0.1, 0.15) is 21.5 Å². The van der Waals surface area contributed by atoms with Crippen molar-refractivity contribution in [3.05, 3.63) is 70.0 Å². The first kappa shape index (κ1) is 17.1. The van der Waals surface area contributed by atoms with Gasteiger partial charge < -0.3 is 4.90 Å². The first-order valence-corrected chi connectivity index (χ1v) is 8.40. The van der Waals surface area contributed by atoms with E-state index < -0.39 is 5.82 Å². The Morgan fingerprint density at radius 2 is 1.71 bits per heavy atom. The third-order valence-electron chi connectivity index (χ3n) is 4.34. The van der Waals surface area contributed by atoms with E-state index in [4.69, 9.17) is 11.6 Å². The van der Waals surface area contributed by atoms with Gasteiger partial charge in [-0.25, -0.2) is 4.39 Å². The van der Waals surface area contributed by atoms with Gasteiger partial charge in [-0.05, 0) is 30.8 Å². The van der Waals surface area contributed by atoms with E-state index in [2.05, 4.69) is 16.8 Å². The maximum atomic E-state index is 13.4. The van der Waals surface area contributed by atoms with Crippen LogP contribution in [-0.4, -0.2) is 48.8 Å². The molecule has 0 bridgehead atoms. The molecular formula is C19H20ClFN2O. The summed E-state index contributed by atoms with van der Waals surface area (Å²) in [4.78, 5) is 17.2. The van der Waals surface area contributed by atoms with Crippen molar-refractivity contribution < 1.29 is 9.18 Å². The smallest absolute Gasteiger partial charge is 0.193 e. The van der Waals surface area contributed by atoms with E-state index in [0.29, 0.717) is 5.56 Å². The summed E-state index contributed by atoms with van der Waals surface area (Å²) in [6, 6.07) is 11.4. The van der Waals surface area contributed by atoms with Crippen LogP contribution in [0.15, 0.2) is 42.5 Å². The minimum absolute atomic E-state index is 0.220. The van der Waals surface area contributed by atoms with Crippen molar-refractivity contribution in [2.75, 3.05) is 33.2 Å². The molecule has 0 aliphatic carbocycles. The molecule has 0 amide bonds. The van der Waals surface area contributed by atoms with Gasteiger partial charge in [-0.2, -0.15) is 0 Å². The molecule has 3 nitrogen and oxygen atoms in total. The highest BCUT2D eigenvalue weighted by Crippen LogP contribution is 2.18. The Bertz CT molecular complexity index is 704. The second kappa shape index (κ2) is 7.43. The zero-order valence-electron chi connectivity index (χ0n) is 13.6. The molecule has 0 radical (unpaired) electrons. The number of likely N-dealkylation sites (N-methyl/N-ethyl adjacent to an activating group) is 1. The summed E-state index contributed by atoms with van der Waals surface area (Å²) in [5, 5.41) is 0.227. The molecule has 0 aromatic heterocycles. The normalized spacial score (nSPS) is 16.3. The van der Waals surface area contributed by atoms with E-state index in [0.717, 1.165) is 32.7 Å². The molecule has 0 atom stereocenters. The van der Waals surface area contributed by atoms with Crippen LogP contribution in [0.4, 0.5) is 4.39 Å². The third-order valence-corrected chi connectivity index (χ3v) is 4.56. The molecular weight excluding hydrogens is 327 g/mol. The molecule has 1 aliphatic rings. The number of hydrogen-bond acceptors (Lipinski definition) is 3. The lowest BCUT2D eigenvalue weighted by atomic mass is 10.0. The molecule has 1 aliphatic heterocycles. The number of carbonyl (C=O) groups excluding carboxylic acids is 1. The van der Waals surface area contributed by atoms with Crippen molar-refractivity contribution >= 4 is 17.4 Å². The van der Waals surface area contributed by atoms with Crippen molar-refractivity contribution in [1.29, 1.82) is 0 Å². The third kappa shape index (κ3) is 4.20. The first-order valence-electron chi connectivity index (χ1n) is 8.02. The fourth-order valence-corrected chi connectivity index (χ4v) is 3.10. The van der Waals surface area contributed by atoms with E-state index in [9.17, 15) is 9.18 Å². The minimum atomic E-state index is -0.502. The molecule has 5 heteroatoms. The number of benzene rings is 2. The van der Waals surface area contributed by atoms with Gasteiger partial charge in [0.05, 0.1) is 0 Å². The molecule has 1 fully saturated rings. The highest BCUT2D eigenvalue weighted by Gasteiger charge is 2.15. The van der Waals surface area contributed by atoms with Gasteiger partial charge in [-0.1, -0.05) is 35.9 Å². The first-order chi connectivity index (χ1) is 11.5. The molecule has 0 N–H and O–H groups in total. The van der Waals surface area contributed by atoms with Crippen molar-refractivity contribution in [1.82, 2.24) is 9.80 Å². The summed E-state index contributed by atoms with van der Waals surface area (Å²) in [6.45, 7) is 5.15. The topological polar surface area (TPSA) is 23.6 Å². The second-order valence-corrected chi connectivity index (χ2v) is 6.70. The molecule has 0 spiro atoms. The number of nitrogens with zero attached hydrogens (tertiary/aromatic N) is 2. The van der Waals surface area contributed by atoms with Crippen molar-refractivity contribution in [3.63, 3.8) is 0 Å². The fraction of sp³-hybridized carbons (Fsp3) is 0.316. The quantitative estimate of drug-likeness (QED) is 0.792. The summed E-state index contributed by atoms with van der Waals surface area (Å²) in [6.07, 6.45) is 0. The van der Waals surface area contributed by atoms with Crippen LogP contribution in [0.2, 0.25) is 5.02 Å². The van der Waals surface area contributed by atoms with Gasteiger partial charge in [0.2, 0.25) is 0 Å². The Labute approximate surface area is 146 Å². The van der Waals surface area contributed by atoms with Crippen molar-refractivity contribution in [2.45, 2.75) is 6.54 Å². The lowest BCUT2D eigenvalue weighted by Gasteiger charge is -2.32. The van der Waals surface area contributed by atoms with E-state index >= 15 is 0 Å². The van der Waals surface area contributed by atoms with Gasteiger partial charge >= 0.3 is 0 Å². The largest absolute Gasteiger partial charge is 0.304 e. The van der Waals surface area contributed by atoms with E-state index in [1.807, 2.05) is 12.1 Å². The lowest BCUT2D eigenvalue weighted by molar-refractivity contribution is 0.103. The standard InChI is InChI=1S/C19H20ClFN2O/c1-22-6-8-23(9-7-22)13-14-2-4-15(5-3-14)19(24)16-10-17(20)12-18(21)11-16/h2-5,10-12H,6-9,13H2,1H3. The van der Waals surface area contributed by atoms with Gasteiger partial charge in [0.1, 0.15) is 5.82 Å². The Balaban J connectivity index is 1.68. The maximum Gasteiger partial charge on any atom is 0.193 e. The van der Waals surface area contributed by atoms with Crippen LogP contribution < -0.4 is 0 Å². The van der Waals surface area contributed by atoms with Gasteiger partial charge in [0, 0.05) is 48.9 Å². The average Bonchev–Trinajstić information content (AvgIpc) is 2.56. The SMILES string of the molecule is CN1CCN(Cc2ccc(C(=O)c3cc(F)cc(Cl)c3)cc2)CC1. The summed E-state index contributed by atoms with van der Waals surface area (Å²) < 4.78 is 13.4. The van der Waals surface area contributed by atoms with E-state index in [1.54, 1.807) is 12.1 Å². The number of ketones is 1. The molecule has 0 unspecified atom stereocenters. The van der Waals surface area contributed by atoms with Crippen LogP contribution in [0.3, 0.4) is 0 Å². The van der Waals surface area contributed by atoms with Gasteiger partial charge in [-0.15, -0.1) is 0 Å². The van der Waals surface area contributed by atoms with Crippen LogP contribution in [-0.2, 0) is 6.54 Å². The predicted molar refractivity (Wildman–Crippen MR) is 94.1 cm³/mol. The molecule has 2 aromatic carbocycles. The molecule has 3 rings (SSSR count). The molecule has 126 valence electrons. The Morgan fingerprint density at radius 1 is 1.04 bits per heavy atom. The zero-order valence-corrected chi connectivity index (χ0v) is 14.4. The van der Waals surface area contributed by atoms with Crippen LogP contribution in [0, 0.1) is 5.82 Å². The van der Waals surface area contributed by atoms with E-state index in [-0.39, 0.29) is 16.4 Å². The monoisotopic (exact) mass is 346 g/mol. The number of carbonyl (C=O) groups is 1. The highest BCUT2D eigenvalue weighted by atomic mass is 35.5. The Hall–Kier alpha value is -1.75. The number of hydrogen-bond donors (Lipinski definition) is 0. The summed E-state index contributed by atoms with van der Waals surface area (Å²) >= 11 is 5.82. The lowest BCUT2D eigenvalue weighted by Crippen LogP contribution is -2.43. The number of halogens is 2. The van der Waals surface area contributed by atoms with Crippen molar-refractivity contribution in [2.24, 2.45) is 0 Å². The average molecular weight is 347 g/mol. The minimum Gasteiger partial charge on any atom is -0.304 e. The van der Waals surface area contributed by atoms with Crippen LogP contribution in [0.25, 0.3) is 0 Å². The summed E-state index contributed by atoms with van der Waals surface area (Å²) in [5.74, 6) is -0.722. The molecule has 0 saturated carbocycles. The molecule has 2 aromatic rings. The second-order valence-electron chi connectivity index (χ2n) is 6.26.